The van der Waals surface area contributed by atoms with Gasteiger partial charge in [-0.25, -0.2) is 9.59 Å². The third-order valence-electron chi connectivity index (χ3n) is 2.10. The number of nitro groups is 1. The summed E-state index contributed by atoms with van der Waals surface area (Å²) in [4.78, 5) is 33.1. The van der Waals surface area contributed by atoms with Crippen molar-refractivity contribution in [3.05, 3.63) is 33.9 Å². The highest BCUT2D eigenvalue weighted by Crippen LogP contribution is 2.21. The molecule has 0 bridgehead atoms. The number of thiol groups is 2. The van der Waals surface area contributed by atoms with E-state index in [1.165, 1.54) is 12.1 Å². The van der Waals surface area contributed by atoms with E-state index in [0.29, 0.717) is 0 Å². The minimum atomic E-state index is -1.05. The average Bonchev–Trinajstić information content (AvgIpc) is 2.37. The minimum Gasteiger partial charge on any atom is -0.388 e. The van der Waals surface area contributed by atoms with Crippen LogP contribution in [0.2, 0.25) is 0 Å². The number of nitrogens with two attached hydrogens (primary N) is 1. The fourth-order valence-electron chi connectivity index (χ4n) is 1.10. The molecule has 0 aliphatic heterocycles. The maximum Gasteiger partial charge on any atom is 0.347 e. The number of hydrogen-bond acceptors (Lipinski definition) is 8. The zero-order valence-electron chi connectivity index (χ0n) is 9.48. The van der Waals surface area contributed by atoms with E-state index in [1.807, 2.05) is 0 Å². The second-order valence-electron chi connectivity index (χ2n) is 3.46. The molecule has 0 aliphatic rings. The van der Waals surface area contributed by atoms with Gasteiger partial charge < -0.3 is 10.5 Å². The lowest BCUT2D eigenvalue weighted by molar-refractivity contribution is -0.384. The van der Waals surface area contributed by atoms with Crippen LogP contribution in [0.3, 0.4) is 0 Å². The van der Waals surface area contributed by atoms with Crippen molar-refractivity contribution in [3.8, 4) is 0 Å². The number of nitrogens with zero attached hydrogens (tertiary/aromatic N) is 1. The number of carbonyl (C=O) groups is 2. The first-order valence-corrected chi connectivity index (χ1v) is 6.04. The molecule has 0 heterocycles. The lowest BCUT2D eigenvalue weighted by Gasteiger charge is -2.08. The van der Waals surface area contributed by atoms with Gasteiger partial charge in [0.2, 0.25) is 0 Å². The van der Waals surface area contributed by atoms with Gasteiger partial charge >= 0.3 is 11.9 Å². The molecule has 2 N–H and O–H groups in total. The van der Waals surface area contributed by atoms with Crippen LogP contribution in [-0.2, 0) is 9.53 Å². The Kier molecular flexibility index (Phi) is 5.33. The molecule has 1 rings (SSSR count). The van der Waals surface area contributed by atoms with E-state index >= 15 is 0 Å². The quantitative estimate of drug-likeness (QED) is 0.249. The van der Waals surface area contributed by atoms with Gasteiger partial charge in [0, 0.05) is 22.8 Å². The Labute approximate surface area is 119 Å². The Hall–Kier alpha value is -1.58. The van der Waals surface area contributed by atoms with Gasteiger partial charge in [0.15, 0.2) is 0 Å². The van der Waals surface area contributed by atoms with Crippen molar-refractivity contribution in [1.82, 2.24) is 0 Å². The van der Waals surface area contributed by atoms with Gasteiger partial charge in [-0.1, -0.05) is 0 Å². The first kappa shape index (κ1) is 15.5. The summed E-state index contributed by atoms with van der Waals surface area (Å²) >= 11 is 7.76. The molecule has 0 saturated carbocycles. The zero-order chi connectivity index (χ0) is 14.6. The lowest BCUT2D eigenvalue weighted by atomic mass is 10.2. The lowest BCUT2D eigenvalue weighted by Crippen LogP contribution is -2.35. The van der Waals surface area contributed by atoms with Crippen LogP contribution in [0.1, 0.15) is 10.4 Å². The highest BCUT2D eigenvalue weighted by molar-refractivity contribution is 7.80. The summed E-state index contributed by atoms with van der Waals surface area (Å²) in [5, 5.41) is 10.6. The zero-order valence-corrected chi connectivity index (χ0v) is 11.3. The molecule has 9 heteroatoms. The number of benzene rings is 1. The molecule has 1 aromatic carbocycles. The van der Waals surface area contributed by atoms with Crippen molar-refractivity contribution in [2.45, 2.75) is 10.9 Å². The Morgan fingerprint density at radius 3 is 2.63 bits per heavy atom. The molecule has 0 spiro atoms. The summed E-state index contributed by atoms with van der Waals surface area (Å²) in [5.41, 5.74) is 4.84. The first-order valence-electron chi connectivity index (χ1n) is 4.96. The molecule has 0 fully saturated rings. The van der Waals surface area contributed by atoms with Crippen molar-refractivity contribution in [2.24, 2.45) is 5.73 Å². The molecule has 0 aliphatic carbocycles. The van der Waals surface area contributed by atoms with E-state index in [0.717, 1.165) is 6.07 Å². The standard InChI is InChI=1S/C10H10N2O5S2/c11-7(4-18)10(14)17-9(13)6-3-5(12(15)16)1-2-8(6)19/h1-3,7,18-19H,4,11H2/t7-/m0/s1. The summed E-state index contributed by atoms with van der Waals surface area (Å²) in [6, 6.07) is 2.38. The minimum absolute atomic E-state index is 0.00871. The van der Waals surface area contributed by atoms with Crippen LogP contribution in [-0.4, -0.2) is 28.7 Å². The molecule has 19 heavy (non-hydrogen) atoms. The molecule has 7 nitrogen and oxygen atoms in total. The van der Waals surface area contributed by atoms with Crippen molar-refractivity contribution in [2.75, 3.05) is 5.75 Å². The largest absolute Gasteiger partial charge is 0.388 e. The number of non-ortho nitro benzene ring substituents is 1. The van der Waals surface area contributed by atoms with E-state index in [-0.39, 0.29) is 21.9 Å². The maximum absolute atomic E-state index is 11.7. The van der Waals surface area contributed by atoms with Gasteiger partial charge in [-0.05, 0) is 6.07 Å². The van der Waals surface area contributed by atoms with Gasteiger partial charge in [-0.15, -0.1) is 12.6 Å². The third kappa shape index (κ3) is 3.94. The van der Waals surface area contributed by atoms with Crippen LogP contribution >= 0.6 is 25.3 Å². The van der Waals surface area contributed by atoms with Crippen LogP contribution in [0, 0.1) is 10.1 Å². The number of carbonyl (C=O) groups excluding carboxylic acids is 2. The van der Waals surface area contributed by atoms with Crippen LogP contribution < -0.4 is 5.73 Å². The van der Waals surface area contributed by atoms with Crippen LogP contribution in [0.15, 0.2) is 23.1 Å². The van der Waals surface area contributed by atoms with Gasteiger partial charge in [0.05, 0.1) is 10.5 Å². The highest BCUT2D eigenvalue weighted by atomic mass is 32.1. The molecular weight excluding hydrogens is 292 g/mol. The number of hydrogen-bond donors (Lipinski definition) is 3. The molecular formula is C10H10N2O5S2. The Balaban J connectivity index is 2.96. The fourth-order valence-corrected chi connectivity index (χ4v) is 1.48. The SMILES string of the molecule is N[C@@H](CS)C(=O)OC(=O)c1cc([N+](=O)[O-])ccc1S. The van der Waals surface area contributed by atoms with E-state index in [4.69, 9.17) is 5.73 Å². The smallest absolute Gasteiger partial charge is 0.347 e. The summed E-state index contributed by atoms with van der Waals surface area (Å²) < 4.78 is 4.48. The monoisotopic (exact) mass is 302 g/mol. The summed E-state index contributed by atoms with van der Waals surface area (Å²) in [6.07, 6.45) is 0. The highest BCUT2D eigenvalue weighted by Gasteiger charge is 2.22. The van der Waals surface area contributed by atoms with Crippen molar-refractivity contribution in [1.29, 1.82) is 0 Å². The molecule has 0 aromatic heterocycles. The normalized spacial score (nSPS) is 11.7. The van der Waals surface area contributed by atoms with Crippen molar-refractivity contribution >= 4 is 42.9 Å². The molecule has 0 saturated heterocycles. The number of rotatable bonds is 4. The van der Waals surface area contributed by atoms with Crippen LogP contribution in [0.25, 0.3) is 0 Å². The molecule has 0 radical (unpaired) electrons. The molecule has 102 valence electrons. The number of esters is 2. The molecule has 1 atom stereocenters. The van der Waals surface area contributed by atoms with Gasteiger partial charge in [-0.2, -0.15) is 12.6 Å². The predicted octanol–water partition coefficient (Wildman–Crippen LogP) is 0.824. The topological polar surface area (TPSA) is 113 Å². The van der Waals surface area contributed by atoms with E-state index < -0.39 is 22.9 Å². The molecule has 1 aromatic rings. The third-order valence-corrected chi connectivity index (χ3v) is 2.89. The van der Waals surface area contributed by atoms with Gasteiger partial charge in [-0.3, -0.25) is 10.1 Å². The van der Waals surface area contributed by atoms with Crippen molar-refractivity contribution < 1.29 is 19.2 Å². The summed E-state index contributed by atoms with van der Waals surface area (Å²) in [6.45, 7) is 0. The Bertz CT molecular complexity index is 535. The van der Waals surface area contributed by atoms with Gasteiger partial charge in [0.25, 0.3) is 5.69 Å². The fraction of sp³-hybridized carbons (Fsp3) is 0.200. The van der Waals surface area contributed by atoms with E-state index in [1.54, 1.807) is 0 Å². The summed E-state index contributed by atoms with van der Waals surface area (Å²) in [7, 11) is 0. The predicted molar refractivity (Wildman–Crippen MR) is 72.6 cm³/mol. The molecule has 0 amide bonds. The van der Waals surface area contributed by atoms with Crippen LogP contribution in [0.4, 0.5) is 5.69 Å². The number of nitro benzene ring substituents is 1. The number of ether oxygens (including phenoxy) is 1. The first-order chi connectivity index (χ1) is 8.86. The van der Waals surface area contributed by atoms with E-state index in [2.05, 4.69) is 30.0 Å². The average molecular weight is 302 g/mol. The second-order valence-corrected chi connectivity index (χ2v) is 4.30. The van der Waals surface area contributed by atoms with E-state index in [9.17, 15) is 19.7 Å². The maximum atomic E-state index is 11.7. The van der Waals surface area contributed by atoms with Gasteiger partial charge in [0.1, 0.15) is 6.04 Å². The molecule has 0 unspecified atom stereocenters. The second kappa shape index (κ2) is 6.55. The van der Waals surface area contributed by atoms with Crippen molar-refractivity contribution in [3.63, 3.8) is 0 Å². The Morgan fingerprint density at radius 1 is 1.47 bits per heavy atom. The summed E-state index contributed by atoms with van der Waals surface area (Å²) in [5.74, 6) is -2.00. The Morgan fingerprint density at radius 2 is 2.11 bits per heavy atom. The van der Waals surface area contributed by atoms with Crippen LogP contribution in [0.5, 0.6) is 0 Å².